The normalized spacial score (nSPS) is 20.0. The lowest BCUT2D eigenvalue weighted by Crippen LogP contribution is -2.62. The number of rotatable bonds is 19. The largest absolute Gasteiger partial charge is 0.477 e. The molecular weight excluding hydrogens is 705 g/mol. The van der Waals surface area contributed by atoms with E-state index in [0.29, 0.717) is 0 Å². The third kappa shape index (κ3) is 12.0. The van der Waals surface area contributed by atoms with Crippen molar-refractivity contribution in [3.05, 3.63) is 179 Å². The Labute approximate surface area is 316 Å². The topological polar surface area (TPSA) is 111 Å². The highest BCUT2D eigenvalue weighted by molar-refractivity contribution is 7.48. The molecule has 10 nitrogen and oxygen atoms in total. The van der Waals surface area contributed by atoms with Gasteiger partial charge in [0.1, 0.15) is 24.4 Å². The molecule has 1 aliphatic heterocycles. The monoisotopic (exact) mass is 751 g/mol. The van der Waals surface area contributed by atoms with E-state index in [1.807, 2.05) is 152 Å². The first-order valence-electron chi connectivity index (χ1n) is 18.0. The summed E-state index contributed by atoms with van der Waals surface area (Å²) in [6.45, 7) is 1.95. The van der Waals surface area contributed by atoms with Crippen molar-refractivity contribution in [1.29, 1.82) is 0 Å². The van der Waals surface area contributed by atoms with E-state index in [9.17, 15) is 9.36 Å². The van der Waals surface area contributed by atoms with Crippen LogP contribution in [0.2, 0.25) is 0 Å². The zero-order chi connectivity index (χ0) is 37.4. The van der Waals surface area contributed by atoms with Crippen LogP contribution in [-0.4, -0.2) is 43.2 Å². The number of phosphoric ester groups is 1. The van der Waals surface area contributed by atoms with Gasteiger partial charge in [0.05, 0.1) is 33.0 Å². The van der Waals surface area contributed by atoms with Crippen LogP contribution in [0.5, 0.6) is 0 Å². The van der Waals surface area contributed by atoms with Gasteiger partial charge < -0.3 is 24.3 Å². The van der Waals surface area contributed by atoms with Crippen LogP contribution >= 0.6 is 7.82 Å². The van der Waals surface area contributed by atoms with Crippen molar-refractivity contribution in [3.63, 3.8) is 0 Å². The lowest BCUT2D eigenvalue weighted by Gasteiger charge is -2.46. The Kier molecular flexibility index (Phi) is 14.7. The molecule has 0 aliphatic carbocycles. The number of carbonyl (C=O) groups is 1. The van der Waals surface area contributed by atoms with Gasteiger partial charge >= 0.3 is 7.82 Å². The first-order valence-corrected chi connectivity index (χ1v) is 19.4. The van der Waals surface area contributed by atoms with E-state index in [1.54, 1.807) is 0 Å². The van der Waals surface area contributed by atoms with Gasteiger partial charge in [-0.1, -0.05) is 152 Å². The van der Waals surface area contributed by atoms with Crippen LogP contribution in [0.3, 0.4) is 0 Å². The minimum absolute atomic E-state index is 0.0469. The molecule has 1 amide bonds. The molecule has 6 rings (SSSR count). The molecule has 1 heterocycles. The van der Waals surface area contributed by atoms with Crippen molar-refractivity contribution in [1.82, 2.24) is 5.32 Å². The standard InChI is InChI=1S/C43H46NO9P/c1-33(45)44-27-39-40(47-28-34-17-7-2-8-18-34)41(48-29-35-19-9-3-10-20-35)42(49-30-36-21-11-4-12-22-36)43(52-39)53-54(46,50-31-37-23-13-5-14-24-37)51-32-38-25-15-6-16-26-38/h2-26,39-43H,27-32H2,1H3,(H,44,45)/t39-,40-,41+,42-,43-/m1/s1. The van der Waals surface area contributed by atoms with Gasteiger partial charge in [0.2, 0.25) is 5.91 Å². The third-order valence-corrected chi connectivity index (χ3v) is 10.1. The SMILES string of the molecule is CC(=O)NC[C@H]1O[C@H](OP(=O)(OCc2ccccc2)OCc2ccccc2)[C@H](OCc2ccccc2)[C@@H](OCc2ccccc2)[C@@H]1OCc1ccccc1. The van der Waals surface area contributed by atoms with Crippen molar-refractivity contribution in [2.75, 3.05) is 6.54 Å². The van der Waals surface area contributed by atoms with Gasteiger partial charge in [-0.05, 0) is 27.8 Å². The van der Waals surface area contributed by atoms with Crippen molar-refractivity contribution in [3.8, 4) is 0 Å². The van der Waals surface area contributed by atoms with Gasteiger partial charge in [0.15, 0.2) is 6.29 Å². The zero-order valence-corrected chi connectivity index (χ0v) is 31.1. The smallest absolute Gasteiger partial charge is 0.368 e. The van der Waals surface area contributed by atoms with E-state index >= 15 is 0 Å². The average Bonchev–Trinajstić information content (AvgIpc) is 3.21. The Bertz CT molecular complexity index is 1820. The minimum atomic E-state index is -4.39. The Morgan fingerprint density at radius 1 is 0.537 bits per heavy atom. The van der Waals surface area contributed by atoms with Gasteiger partial charge in [-0.3, -0.25) is 18.4 Å². The summed E-state index contributed by atoms with van der Waals surface area (Å²) in [7, 11) is -4.39. The number of benzene rings is 5. The van der Waals surface area contributed by atoms with E-state index in [-0.39, 0.29) is 45.5 Å². The highest BCUT2D eigenvalue weighted by Crippen LogP contribution is 2.53. The Hall–Kier alpha value is -4.48. The molecule has 282 valence electrons. The quantitative estimate of drug-likeness (QED) is 0.0836. The van der Waals surface area contributed by atoms with Crippen molar-refractivity contribution < 1.29 is 41.9 Å². The average molecular weight is 752 g/mol. The first-order chi connectivity index (χ1) is 26.4. The highest BCUT2D eigenvalue weighted by atomic mass is 31.2. The maximum absolute atomic E-state index is 14.8. The molecule has 0 spiro atoms. The molecule has 1 N–H and O–H groups in total. The van der Waals surface area contributed by atoms with Gasteiger partial charge in [-0.2, -0.15) is 0 Å². The number of phosphoric acid groups is 1. The van der Waals surface area contributed by atoms with Crippen LogP contribution in [0.1, 0.15) is 34.7 Å². The van der Waals surface area contributed by atoms with Gasteiger partial charge in [-0.15, -0.1) is 0 Å². The summed E-state index contributed by atoms with van der Waals surface area (Å²) in [5.41, 5.74) is 4.29. The van der Waals surface area contributed by atoms with Gasteiger partial charge in [-0.25, -0.2) is 4.57 Å². The van der Waals surface area contributed by atoms with Crippen molar-refractivity contribution in [2.45, 2.75) is 70.7 Å². The van der Waals surface area contributed by atoms with Crippen LogP contribution in [0.4, 0.5) is 0 Å². The van der Waals surface area contributed by atoms with E-state index < -0.39 is 38.5 Å². The molecule has 11 heteroatoms. The van der Waals surface area contributed by atoms with Crippen LogP contribution in [-0.2, 0) is 74.9 Å². The van der Waals surface area contributed by atoms with Gasteiger partial charge in [0.25, 0.3) is 0 Å². The van der Waals surface area contributed by atoms with Crippen molar-refractivity contribution in [2.24, 2.45) is 0 Å². The fourth-order valence-corrected chi connectivity index (χ4v) is 7.16. The highest BCUT2D eigenvalue weighted by Gasteiger charge is 2.51. The molecule has 1 saturated heterocycles. The Morgan fingerprint density at radius 3 is 1.28 bits per heavy atom. The predicted molar refractivity (Wildman–Crippen MR) is 204 cm³/mol. The summed E-state index contributed by atoms with van der Waals surface area (Å²) in [6.07, 6.45) is -4.78. The number of hydrogen-bond donors (Lipinski definition) is 1. The fourth-order valence-electron chi connectivity index (χ4n) is 5.92. The fraction of sp³-hybridized carbons (Fsp3) is 0.279. The molecule has 1 fully saturated rings. The molecule has 1 aliphatic rings. The molecule has 54 heavy (non-hydrogen) atoms. The molecule has 0 bridgehead atoms. The van der Waals surface area contributed by atoms with Crippen molar-refractivity contribution >= 4 is 13.7 Å². The molecule has 5 aromatic rings. The van der Waals surface area contributed by atoms with E-state index in [2.05, 4.69) is 5.32 Å². The number of carbonyl (C=O) groups excluding carboxylic acids is 1. The second-order valence-corrected chi connectivity index (χ2v) is 14.5. The van der Waals surface area contributed by atoms with Crippen LogP contribution in [0, 0.1) is 0 Å². The number of nitrogens with one attached hydrogen (secondary N) is 1. The predicted octanol–water partition coefficient (Wildman–Crippen LogP) is 8.16. The molecule has 0 radical (unpaired) electrons. The van der Waals surface area contributed by atoms with E-state index in [1.165, 1.54) is 6.92 Å². The number of hydrogen-bond acceptors (Lipinski definition) is 9. The zero-order valence-electron chi connectivity index (χ0n) is 30.2. The minimum Gasteiger partial charge on any atom is -0.368 e. The summed E-state index contributed by atoms with van der Waals surface area (Å²) in [6, 6.07) is 47.8. The second kappa shape index (κ2) is 20.3. The molecular formula is C43H46NO9P. The Balaban J connectivity index is 1.35. The number of ether oxygens (including phenoxy) is 4. The summed E-state index contributed by atoms with van der Waals surface area (Å²) < 4.78 is 59.7. The summed E-state index contributed by atoms with van der Waals surface area (Å²) in [4.78, 5) is 12.3. The third-order valence-electron chi connectivity index (χ3n) is 8.70. The lowest BCUT2D eigenvalue weighted by molar-refractivity contribution is -0.306. The van der Waals surface area contributed by atoms with Crippen LogP contribution in [0.25, 0.3) is 0 Å². The summed E-state index contributed by atoms with van der Waals surface area (Å²) in [5.74, 6) is -0.259. The van der Waals surface area contributed by atoms with Crippen LogP contribution in [0.15, 0.2) is 152 Å². The summed E-state index contributed by atoms with van der Waals surface area (Å²) >= 11 is 0. The Morgan fingerprint density at radius 2 is 0.889 bits per heavy atom. The number of amides is 1. The molecule has 5 aromatic carbocycles. The maximum Gasteiger partial charge on any atom is 0.477 e. The van der Waals surface area contributed by atoms with Crippen LogP contribution < -0.4 is 5.32 Å². The van der Waals surface area contributed by atoms with Gasteiger partial charge in [0, 0.05) is 13.5 Å². The van der Waals surface area contributed by atoms with E-state index in [4.69, 9.17) is 32.5 Å². The molecule has 5 atom stereocenters. The first kappa shape index (κ1) is 39.2. The maximum atomic E-state index is 14.8. The summed E-state index contributed by atoms with van der Waals surface area (Å²) in [5, 5.41) is 2.86. The molecule has 0 unspecified atom stereocenters. The molecule has 0 saturated carbocycles. The molecule has 0 aromatic heterocycles. The second-order valence-electron chi connectivity index (χ2n) is 12.8. The lowest BCUT2D eigenvalue weighted by atomic mass is 9.97. The van der Waals surface area contributed by atoms with E-state index in [0.717, 1.165) is 27.8 Å².